The Kier molecular flexibility index (Phi) is 5.81. The lowest BCUT2D eigenvalue weighted by atomic mass is 10.1. The summed E-state index contributed by atoms with van der Waals surface area (Å²) in [4.78, 5) is 24.9. The lowest BCUT2D eigenvalue weighted by molar-refractivity contribution is 0.0940. The maximum atomic E-state index is 12.7. The Morgan fingerprint density at radius 1 is 0.966 bits per heavy atom. The number of carbonyl (C=O) groups is 2. The summed E-state index contributed by atoms with van der Waals surface area (Å²) in [5.41, 5.74) is 1.31. The topological polar surface area (TPSA) is 132 Å². The van der Waals surface area contributed by atoms with Gasteiger partial charge in [0.15, 0.2) is 5.76 Å². The SMILES string of the molecule is C[C@H](NC(=O)c1ccccc1NC(=O)c1ccco1)c1ccc(S(N)(=O)=O)cc1. The van der Waals surface area contributed by atoms with Gasteiger partial charge in [-0.3, -0.25) is 9.59 Å². The molecule has 9 heteroatoms. The van der Waals surface area contributed by atoms with Crippen LogP contribution in [0, 0.1) is 0 Å². The van der Waals surface area contributed by atoms with Crippen LogP contribution in [-0.2, 0) is 10.0 Å². The monoisotopic (exact) mass is 413 g/mol. The number of nitrogens with one attached hydrogen (secondary N) is 2. The number of nitrogens with two attached hydrogens (primary N) is 1. The van der Waals surface area contributed by atoms with Gasteiger partial charge in [0.1, 0.15) is 0 Å². The van der Waals surface area contributed by atoms with Crippen LogP contribution in [0.4, 0.5) is 5.69 Å². The molecule has 0 saturated carbocycles. The van der Waals surface area contributed by atoms with E-state index in [2.05, 4.69) is 10.6 Å². The fraction of sp³-hybridized carbons (Fsp3) is 0.100. The lowest BCUT2D eigenvalue weighted by Crippen LogP contribution is -2.28. The van der Waals surface area contributed by atoms with Gasteiger partial charge in [-0.05, 0) is 48.9 Å². The standard InChI is InChI=1S/C20H19N3O5S/c1-13(14-8-10-15(11-9-14)29(21,26)27)22-19(24)16-5-2-3-6-17(16)23-20(25)18-7-4-12-28-18/h2-13H,1H3,(H,22,24)(H,23,25)(H2,21,26,27)/t13-/m0/s1. The van der Waals surface area contributed by atoms with Gasteiger partial charge in [-0.1, -0.05) is 24.3 Å². The first kappa shape index (κ1) is 20.3. The number of carbonyl (C=O) groups excluding carboxylic acids is 2. The Hall–Kier alpha value is -3.43. The molecule has 1 atom stereocenters. The van der Waals surface area contributed by atoms with E-state index in [1.165, 1.54) is 24.5 Å². The van der Waals surface area contributed by atoms with Gasteiger partial charge in [0.2, 0.25) is 10.0 Å². The summed E-state index contributed by atoms with van der Waals surface area (Å²) in [5, 5.41) is 10.6. The molecule has 0 aliphatic carbocycles. The van der Waals surface area contributed by atoms with Crippen LogP contribution in [-0.4, -0.2) is 20.2 Å². The van der Waals surface area contributed by atoms with E-state index in [0.29, 0.717) is 11.3 Å². The molecule has 0 radical (unpaired) electrons. The van der Waals surface area contributed by atoms with Crippen LogP contribution in [0.2, 0.25) is 0 Å². The van der Waals surface area contributed by atoms with E-state index < -0.39 is 27.9 Å². The van der Waals surface area contributed by atoms with Gasteiger partial charge in [0.05, 0.1) is 28.5 Å². The van der Waals surface area contributed by atoms with Gasteiger partial charge >= 0.3 is 0 Å². The molecule has 150 valence electrons. The summed E-state index contributed by atoms with van der Waals surface area (Å²) in [6, 6.07) is 15.2. The molecular formula is C20H19N3O5S. The molecule has 0 fully saturated rings. The normalized spacial score (nSPS) is 12.2. The third-order valence-corrected chi connectivity index (χ3v) is 5.15. The quantitative estimate of drug-likeness (QED) is 0.572. The van der Waals surface area contributed by atoms with E-state index in [-0.39, 0.29) is 16.2 Å². The molecule has 0 saturated heterocycles. The number of hydrogen-bond acceptors (Lipinski definition) is 5. The van der Waals surface area contributed by atoms with Gasteiger partial charge in [-0.25, -0.2) is 13.6 Å². The summed E-state index contributed by atoms with van der Waals surface area (Å²) < 4.78 is 27.8. The molecule has 8 nitrogen and oxygen atoms in total. The zero-order valence-corrected chi connectivity index (χ0v) is 16.3. The fourth-order valence-electron chi connectivity index (χ4n) is 2.69. The van der Waals surface area contributed by atoms with Crippen molar-refractivity contribution in [2.24, 2.45) is 5.14 Å². The Morgan fingerprint density at radius 3 is 2.28 bits per heavy atom. The number of primary sulfonamides is 1. The molecule has 0 unspecified atom stereocenters. The van der Waals surface area contributed by atoms with Crippen molar-refractivity contribution in [3.63, 3.8) is 0 Å². The predicted molar refractivity (Wildman–Crippen MR) is 107 cm³/mol. The van der Waals surface area contributed by atoms with Crippen molar-refractivity contribution < 1.29 is 22.4 Å². The van der Waals surface area contributed by atoms with E-state index in [9.17, 15) is 18.0 Å². The summed E-state index contributed by atoms with van der Waals surface area (Å²) >= 11 is 0. The maximum absolute atomic E-state index is 12.7. The smallest absolute Gasteiger partial charge is 0.291 e. The number of rotatable bonds is 6. The van der Waals surface area contributed by atoms with E-state index in [1.54, 1.807) is 49.4 Å². The molecule has 1 heterocycles. The van der Waals surface area contributed by atoms with Gasteiger partial charge < -0.3 is 15.1 Å². The summed E-state index contributed by atoms with van der Waals surface area (Å²) in [6.07, 6.45) is 1.39. The van der Waals surface area contributed by atoms with Crippen LogP contribution in [0.5, 0.6) is 0 Å². The molecule has 4 N–H and O–H groups in total. The van der Waals surface area contributed by atoms with Crippen LogP contribution in [0.3, 0.4) is 0 Å². The van der Waals surface area contributed by atoms with Gasteiger partial charge in [0, 0.05) is 0 Å². The predicted octanol–water partition coefficient (Wildman–Crippen LogP) is 2.67. The average Bonchev–Trinajstić information content (AvgIpc) is 3.22. The van der Waals surface area contributed by atoms with Crippen LogP contribution in [0.15, 0.2) is 76.2 Å². The van der Waals surface area contributed by atoms with E-state index in [4.69, 9.17) is 9.56 Å². The Morgan fingerprint density at radius 2 is 1.66 bits per heavy atom. The molecule has 0 aliphatic heterocycles. The van der Waals surface area contributed by atoms with Crippen molar-refractivity contribution >= 4 is 27.5 Å². The van der Waals surface area contributed by atoms with Gasteiger partial charge in [0.25, 0.3) is 11.8 Å². The number of amides is 2. The molecular weight excluding hydrogens is 394 g/mol. The lowest BCUT2D eigenvalue weighted by Gasteiger charge is -2.16. The molecule has 29 heavy (non-hydrogen) atoms. The Labute approximate surface area is 167 Å². The highest BCUT2D eigenvalue weighted by atomic mass is 32.2. The zero-order valence-electron chi connectivity index (χ0n) is 15.5. The number of benzene rings is 2. The van der Waals surface area contributed by atoms with Gasteiger partial charge in [-0.15, -0.1) is 0 Å². The molecule has 0 bridgehead atoms. The highest BCUT2D eigenvalue weighted by Crippen LogP contribution is 2.20. The Bertz CT molecular complexity index is 1120. The van der Waals surface area contributed by atoms with Crippen LogP contribution < -0.4 is 15.8 Å². The fourth-order valence-corrected chi connectivity index (χ4v) is 3.20. The van der Waals surface area contributed by atoms with E-state index in [0.717, 1.165) is 0 Å². The van der Waals surface area contributed by atoms with Crippen molar-refractivity contribution in [3.05, 3.63) is 83.8 Å². The van der Waals surface area contributed by atoms with Crippen molar-refractivity contribution in [1.82, 2.24) is 5.32 Å². The third-order valence-electron chi connectivity index (χ3n) is 4.22. The first-order valence-electron chi connectivity index (χ1n) is 8.63. The number of para-hydroxylation sites is 1. The first-order valence-corrected chi connectivity index (χ1v) is 10.2. The molecule has 3 rings (SSSR count). The molecule has 3 aromatic rings. The summed E-state index contributed by atoms with van der Waals surface area (Å²) in [5.74, 6) is -0.742. The minimum Gasteiger partial charge on any atom is -0.459 e. The maximum Gasteiger partial charge on any atom is 0.291 e. The number of anilines is 1. The second kappa shape index (κ2) is 8.29. The van der Waals surface area contributed by atoms with Crippen molar-refractivity contribution in [1.29, 1.82) is 0 Å². The van der Waals surface area contributed by atoms with Crippen molar-refractivity contribution in [2.75, 3.05) is 5.32 Å². The number of hydrogen-bond donors (Lipinski definition) is 3. The minimum atomic E-state index is -3.78. The third kappa shape index (κ3) is 4.89. The van der Waals surface area contributed by atoms with Crippen molar-refractivity contribution in [3.8, 4) is 0 Å². The number of sulfonamides is 1. The molecule has 2 aromatic carbocycles. The first-order chi connectivity index (χ1) is 13.8. The largest absolute Gasteiger partial charge is 0.459 e. The molecule has 0 spiro atoms. The summed E-state index contributed by atoms with van der Waals surface area (Å²) in [7, 11) is -3.78. The molecule has 0 aliphatic rings. The highest BCUT2D eigenvalue weighted by Gasteiger charge is 2.18. The number of furan rings is 1. The van der Waals surface area contributed by atoms with Crippen LogP contribution in [0.1, 0.15) is 39.4 Å². The average molecular weight is 413 g/mol. The minimum absolute atomic E-state index is 0.00855. The second-order valence-corrected chi connectivity index (χ2v) is 7.85. The van der Waals surface area contributed by atoms with E-state index >= 15 is 0 Å². The van der Waals surface area contributed by atoms with Crippen LogP contribution >= 0.6 is 0 Å². The highest BCUT2D eigenvalue weighted by molar-refractivity contribution is 7.89. The molecule has 2 amide bonds. The Balaban J connectivity index is 1.74. The van der Waals surface area contributed by atoms with Gasteiger partial charge in [-0.2, -0.15) is 0 Å². The summed E-state index contributed by atoms with van der Waals surface area (Å²) in [6.45, 7) is 1.76. The van der Waals surface area contributed by atoms with E-state index in [1.807, 2.05) is 0 Å². The molecule has 1 aromatic heterocycles. The zero-order chi connectivity index (χ0) is 21.0. The van der Waals surface area contributed by atoms with Crippen LogP contribution in [0.25, 0.3) is 0 Å². The van der Waals surface area contributed by atoms with Crippen molar-refractivity contribution in [2.45, 2.75) is 17.9 Å². The second-order valence-electron chi connectivity index (χ2n) is 6.29.